The Morgan fingerprint density at radius 2 is 1.80 bits per heavy atom. The number of benzene rings is 2. The van der Waals surface area contributed by atoms with Gasteiger partial charge in [-0.3, -0.25) is 0 Å². The third-order valence-corrected chi connectivity index (χ3v) is 3.00. The minimum Gasteiger partial charge on any atom is -0.489 e. The zero-order chi connectivity index (χ0) is 14.4. The fourth-order valence-corrected chi connectivity index (χ4v) is 1.88. The maximum atomic E-state index is 8.68. The molecular formula is C18H18O2. The van der Waals surface area contributed by atoms with Crippen molar-refractivity contribution >= 4 is 0 Å². The minimum absolute atomic E-state index is 0.120. The number of hydrogen-bond donors (Lipinski definition) is 1. The van der Waals surface area contributed by atoms with E-state index >= 15 is 0 Å². The van der Waals surface area contributed by atoms with Crippen molar-refractivity contribution in [2.24, 2.45) is 0 Å². The van der Waals surface area contributed by atoms with Crippen LogP contribution >= 0.6 is 0 Å². The second-order valence-electron chi connectivity index (χ2n) is 4.71. The summed E-state index contributed by atoms with van der Waals surface area (Å²) in [6.45, 7) is 4.50. The van der Waals surface area contributed by atoms with E-state index in [4.69, 9.17) is 9.84 Å². The zero-order valence-corrected chi connectivity index (χ0v) is 11.8. The molecule has 2 nitrogen and oxygen atoms in total. The number of rotatable bonds is 3. The van der Waals surface area contributed by atoms with Crippen LogP contribution in [0.1, 0.15) is 22.3 Å². The van der Waals surface area contributed by atoms with Gasteiger partial charge in [-0.25, -0.2) is 0 Å². The van der Waals surface area contributed by atoms with Gasteiger partial charge < -0.3 is 9.84 Å². The van der Waals surface area contributed by atoms with Crippen molar-refractivity contribution in [2.75, 3.05) is 6.61 Å². The highest BCUT2D eigenvalue weighted by molar-refractivity contribution is 5.43. The van der Waals surface area contributed by atoms with E-state index in [2.05, 4.69) is 43.0 Å². The molecule has 0 radical (unpaired) electrons. The number of aliphatic hydroxyl groups excluding tert-OH is 1. The van der Waals surface area contributed by atoms with Gasteiger partial charge in [-0.15, -0.1) is 0 Å². The van der Waals surface area contributed by atoms with E-state index in [-0.39, 0.29) is 6.61 Å². The third kappa shape index (κ3) is 3.88. The molecule has 0 unspecified atom stereocenters. The second kappa shape index (κ2) is 6.79. The quantitative estimate of drug-likeness (QED) is 0.864. The van der Waals surface area contributed by atoms with Crippen LogP contribution in [-0.4, -0.2) is 11.7 Å². The Kier molecular flexibility index (Phi) is 4.81. The van der Waals surface area contributed by atoms with Gasteiger partial charge in [0, 0.05) is 5.56 Å². The van der Waals surface area contributed by atoms with Gasteiger partial charge in [-0.05, 0) is 43.2 Å². The van der Waals surface area contributed by atoms with Crippen LogP contribution in [0.25, 0.3) is 0 Å². The van der Waals surface area contributed by atoms with Crippen molar-refractivity contribution in [1.29, 1.82) is 0 Å². The Bertz CT molecular complexity index is 631. The zero-order valence-electron chi connectivity index (χ0n) is 11.8. The largest absolute Gasteiger partial charge is 0.489 e. The maximum Gasteiger partial charge on any atom is 0.122 e. The van der Waals surface area contributed by atoms with Crippen LogP contribution in [0, 0.1) is 25.7 Å². The molecule has 102 valence electrons. The van der Waals surface area contributed by atoms with Crippen LogP contribution in [-0.2, 0) is 6.61 Å². The summed E-state index contributed by atoms with van der Waals surface area (Å²) < 4.78 is 5.82. The number of aryl methyl sites for hydroxylation is 2. The summed E-state index contributed by atoms with van der Waals surface area (Å²) in [5.74, 6) is 6.39. The van der Waals surface area contributed by atoms with Crippen LogP contribution in [0.2, 0.25) is 0 Å². The number of ether oxygens (including phenoxy) is 1. The molecule has 0 saturated heterocycles. The van der Waals surface area contributed by atoms with E-state index in [0.29, 0.717) is 6.61 Å². The first-order valence-corrected chi connectivity index (χ1v) is 6.58. The Morgan fingerprint density at radius 1 is 1.05 bits per heavy atom. The Labute approximate surface area is 120 Å². The molecule has 0 aliphatic heterocycles. The average Bonchev–Trinajstić information content (AvgIpc) is 2.46. The number of aliphatic hydroxyl groups is 1. The second-order valence-corrected chi connectivity index (χ2v) is 4.71. The molecule has 2 heteroatoms. The highest BCUT2D eigenvalue weighted by Gasteiger charge is 2.01. The molecule has 2 aromatic rings. The van der Waals surface area contributed by atoms with Gasteiger partial charge in [0.05, 0.1) is 0 Å². The number of hydrogen-bond acceptors (Lipinski definition) is 2. The molecule has 0 aromatic heterocycles. The summed E-state index contributed by atoms with van der Waals surface area (Å²) in [6.07, 6.45) is 0. The first kappa shape index (κ1) is 14.2. The van der Waals surface area contributed by atoms with Crippen LogP contribution in [0.15, 0.2) is 42.5 Å². The standard InChI is InChI=1S/C18H18O2/c1-14-5-7-17(8-6-14)13-20-18-10-9-16(4-3-11-19)12-15(18)2/h5-10,12,19H,11,13H2,1-2H3. The van der Waals surface area contributed by atoms with Crippen molar-refractivity contribution in [3.05, 3.63) is 64.7 Å². The molecule has 0 saturated carbocycles. The molecule has 0 spiro atoms. The topological polar surface area (TPSA) is 29.5 Å². The fraction of sp³-hybridized carbons (Fsp3) is 0.222. The first-order chi connectivity index (χ1) is 9.69. The molecule has 0 bridgehead atoms. The summed E-state index contributed by atoms with van der Waals surface area (Å²) in [7, 11) is 0. The van der Waals surface area contributed by atoms with Crippen molar-refractivity contribution in [3.8, 4) is 17.6 Å². The van der Waals surface area contributed by atoms with Gasteiger partial charge in [0.25, 0.3) is 0 Å². The van der Waals surface area contributed by atoms with Crippen LogP contribution in [0.5, 0.6) is 5.75 Å². The summed E-state index contributed by atoms with van der Waals surface area (Å²) in [5, 5.41) is 8.68. The van der Waals surface area contributed by atoms with Gasteiger partial charge in [-0.2, -0.15) is 0 Å². The fourth-order valence-electron chi connectivity index (χ4n) is 1.88. The van der Waals surface area contributed by atoms with E-state index in [1.54, 1.807) is 0 Å². The molecule has 0 amide bonds. The van der Waals surface area contributed by atoms with Crippen molar-refractivity contribution in [1.82, 2.24) is 0 Å². The smallest absolute Gasteiger partial charge is 0.122 e. The van der Waals surface area contributed by atoms with E-state index in [1.807, 2.05) is 25.1 Å². The maximum absolute atomic E-state index is 8.68. The summed E-state index contributed by atoms with van der Waals surface area (Å²) in [6, 6.07) is 14.1. The van der Waals surface area contributed by atoms with Crippen LogP contribution < -0.4 is 4.74 Å². The van der Waals surface area contributed by atoms with Gasteiger partial charge in [0.1, 0.15) is 19.0 Å². The highest BCUT2D eigenvalue weighted by atomic mass is 16.5. The van der Waals surface area contributed by atoms with Gasteiger partial charge in [0.2, 0.25) is 0 Å². The molecule has 0 fully saturated rings. The molecule has 2 aromatic carbocycles. The molecule has 2 rings (SSSR count). The predicted molar refractivity (Wildman–Crippen MR) is 80.7 cm³/mol. The highest BCUT2D eigenvalue weighted by Crippen LogP contribution is 2.20. The molecule has 0 heterocycles. The van der Waals surface area contributed by atoms with E-state index in [9.17, 15) is 0 Å². The lowest BCUT2D eigenvalue weighted by Gasteiger charge is -2.09. The van der Waals surface area contributed by atoms with Crippen molar-refractivity contribution < 1.29 is 9.84 Å². The Hall–Kier alpha value is -2.24. The Balaban J connectivity index is 2.04. The molecule has 0 aliphatic carbocycles. The van der Waals surface area contributed by atoms with E-state index in [0.717, 1.165) is 22.4 Å². The SMILES string of the molecule is Cc1ccc(COc2ccc(C#CCO)cc2C)cc1. The first-order valence-electron chi connectivity index (χ1n) is 6.58. The summed E-state index contributed by atoms with van der Waals surface area (Å²) in [4.78, 5) is 0. The normalized spacial score (nSPS) is 9.75. The predicted octanol–water partition coefficient (Wildman–Crippen LogP) is 3.23. The monoisotopic (exact) mass is 266 g/mol. The average molecular weight is 266 g/mol. The van der Waals surface area contributed by atoms with E-state index in [1.165, 1.54) is 5.56 Å². The molecule has 1 N–H and O–H groups in total. The molecule has 0 atom stereocenters. The lowest BCUT2D eigenvalue weighted by molar-refractivity contribution is 0.304. The molecular weight excluding hydrogens is 248 g/mol. The van der Waals surface area contributed by atoms with E-state index < -0.39 is 0 Å². The summed E-state index contributed by atoms with van der Waals surface area (Å²) >= 11 is 0. The van der Waals surface area contributed by atoms with Gasteiger partial charge in [-0.1, -0.05) is 41.7 Å². The van der Waals surface area contributed by atoms with Gasteiger partial charge in [0.15, 0.2) is 0 Å². The molecule has 0 aliphatic rings. The van der Waals surface area contributed by atoms with Gasteiger partial charge >= 0.3 is 0 Å². The lowest BCUT2D eigenvalue weighted by atomic mass is 10.1. The Morgan fingerprint density at radius 3 is 2.45 bits per heavy atom. The minimum atomic E-state index is -0.120. The lowest BCUT2D eigenvalue weighted by Crippen LogP contribution is -1.97. The van der Waals surface area contributed by atoms with Crippen LogP contribution in [0.3, 0.4) is 0 Å². The third-order valence-electron chi connectivity index (χ3n) is 3.00. The van der Waals surface area contributed by atoms with Crippen molar-refractivity contribution in [2.45, 2.75) is 20.5 Å². The molecule has 20 heavy (non-hydrogen) atoms. The summed E-state index contributed by atoms with van der Waals surface area (Å²) in [5.41, 5.74) is 4.33. The van der Waals surface area contributed by atoms with Crippen LogP contribution in [0.4, 0.5) is 0 Å². The van der Waals surface area contributed by atoms with Crippen molar-refractivity contribution in [3.63, 3.8) is 0 Å².